The van der Waals surface area contributed by atoms with Gasteiger partial charge in [0.2, 0.25) is 0 Å². The maximum absolute atomic E-state index is 14.5. The average Bonchev–Trinajstić information content (AvgIpc) is 3.29. The van der Waals surface area contributed by atoms with E-state index in [0.717, 1.165) is 32.1 Å². The number of aliphatic hydroxyl groups is 3. The van der Waals surface area contributed by atoms with Crippen LogP contribution in [0.15, 0.2) is 18.2 Å². The summed E-state index contributed by atoms with van der Waals surface area (Å²) >= 11 is 0. The van der Waals surface area contributed by atoms with Gasteiger partial charge in [0, 0.05) is 6.42 Å². The molecule has 222 valence electrons. The van der Waals surface area contributed by atoms with E-state index in [2.05, 4.69) is 26.8 Å². The summed E-state index contributed by atoms with van der Waals surface area (Å²) in [6.45, 7) is 7.25. The monoisotopic (exact) mass is 555 g/mol. The number of fused-ring (bicyclic) bond motifs is 5. The van der Waals surface area contributed by atoms with Gasteiger partial charge in [-0.3, -0.25) is 0 Å². The molecule has 0 aromatic heterocycles. The molecule has 0 radical (unpaired) electrons. The molecule has 0 bridgehead atoms. The highest BCUT2D eigenvalue weighted by Crippen LogP contribution is 2.70. The fourth-order valence-electron chi connectivity index (χ4n) is 10.8. The van der Waals surface area contributed by atoms with Gasteiger partial charge < -0.3 is 20.1 Å². The second kappa shape index (κ2) is 11.5. The number of nitrogens with zero attached hydrogens (tertiary/aromatic N) is 1. The number of hydrogen-bond acceptors (Lipinski definition) is 5. The van der Waals surface area contributed by atoms with Crippen molar-refractivity contribution in [3.05, 3.63) is 29.6 Å². The van der Waals surface area contributed by atoms with Crippen LogP contribution in [0.25, 0.3) is 0 Å². The molecule has 0 spiro atoms. The van der Waals surface area contributed by atoms with Gasteiger partial charge in [0.05, 0.1) is 37.1 Å². The lowest BCUT2D eigenvalue weighted by Gasteiger charge is -2.64. The van der Waals surface area contributed by atoms with E-state index in [0.29, 0.717) is 54.6 Å². The van der Waals surface area contributed by atoms with Gasteiger partial charge in [-0.15, -0.1) is 0 Å². The van der Waals surface area contributed by atoms with Crippen molar-refractivity contribution in [3.63, 3.8) is 0 Å². The molecule has 1 aromatic carbocycles. The molecule has 5 rings (SSSR count). The number of nitriles is 1. The maximum atomic E-state index is 14.5. The van der Waals surface area contributed by atoms with Crippen molar-refractivity contribution in [3.8, 4) is 11.8 Å². The molecule has 5 nitrogen and oxygen atoms in total. The Labute approximate surface area is 240 Å². The largest absolute Gasteiger partial charge is 0.496 e. The lowest BCUT2D eigenvalue weighted by molar-refractivity contribution is -0.191. The van der Waals surface area contributed by atoms with Crippen molar-refractivity contribution >= 4 is 0 Å². The molecule has 0 heterocycles. The molecule has 3 N–H and O–H groups in total. The molecule has 4 fully saturated rings. The Morgan fingerprint density at radius 2 is 1.77 bits per heavy atom. The maximum Gasteiger partial charge on any atom is 0.132 e. The van der Waals surface area contributed by atoms with Crippen molar-refractivity contribution in [2.75, 3.05) is 7.11 Å². The molecular weight excluding hydrogens is 505 g/mol. The van der Waals surface area contributed by atoms with E-state index >= 15 is 0 Å². The molecule has 40 heavy (non-hydrogen) atoms. The predicted molar refractivity (Wildman–Crippen MR) is 153 cm³/mol. The summed E-state index contributed by atoms with van der Waals surface area (Å²) in [5, 5.41) is 42.1. The number of benzene rings is 1. The molecule has 4 saturated carbocycles. The van der Waals surface area contributed by atoms with E-state index in [9.17, 15) is 25.0 Å². The number of ether oxygens (including phenoxy) is 1. The first-order valence-corrected chi connectivity index (χ1v) is 15.8. The van der Waals surface area contributed by atoms with Gasteiger partial charge in [0.25, 0.3) is 0 Å². The van der Waals surface area contributed by atoms with Gasteiger partial charge in [-0.2, -0.15) is 5.26 Å². The molecular formula is C34H50FNO4. The predicted octanol–water partition coefficient (Wildman–Crippen LogP) is 6.80. The summed E-state index contributed by atoms with van der Waals surface area (Å²) in [7, 11) is 1.51. The molecule has 1 aromatic rings. The van der Waals surface area contributed by atoms with Crippen molar-refractivity contribution < 1.29 is 24.4 Å². The van der Waals surface area contributed by atoms with Crippen LogP contribution >= 0.6 is 0 Å². The molecule has 4 aliphatic carbocycles. The van der Waals surface area contributed by atoms with Crippen LogP contribution in [-0.4, -0.2) is 34.6 Å². The Morgan fingerprint density at radius 1 is 1.05 bits per heavy atom. The molecule has 6 heteroatoms. The Bertz CT molecular complexity index is 1090. The number of hydrogen-bond donors (Lipinski definition) is 3. The van der Waals surface area contributed by atoms with E-state index in [1.54, 1.807) is 12.1 Å². The van der Waals surface area contributed by atoms with Gasteiger partial charge >= 0.3 is 0 Å². The first kappa shape index (κ1) is 29.8. The lowest BCUT2D eigenvalue weighted by Crippen LogP contribution is -2.60. The molecule has 0 aliphatic heterocycles. The number of halogens is 1. The Balaban J connectivity index is 1.28. The fourth-order valence-corrected chi connectivity index (χ4v) is 10.8. The van der Waals surface area contributed by atoms with Crippen LogP contribution in [-0.2, 0) is 0 Å². The van der Waals surface area contributed by atoms with E-state index < -0.39 is 24.1 Å². The normalized spacial score (nSPS) is 42.2. The third-order valence-corrected chi connectivity index (χ3v) is 12.7. The van der Waals surface area contributed by atoms with E-state index in [1.807, 2.05) is 0 Å². The highest BCUT2D eigenvalue weighted by Gasteiger charge is 2.64. The van der Waals surface area contributed by atoms with Gasteiger partial charge in [-0.25, -0.2) is 4.39 Å². The van der Waals surface area contributed by atoms with E-state index in [-0.39, 0.29) is 28.2 Å². The summed E-state index contributed by atoms with van der Waals surface area (Å²) in [6.07, 6.45) is 7.93. The third-order valence-electron chi connectivity index (χ3n) is 12.7. The second-order valence-electron chi connectivity index (χ2n) is 14.4. The summed E-state index contributed by atoms with van der Waals surface area (Å²) in [5.74, 6) is 3.07. The van der Waals surface area contributed by atoms with Gasteiger partial charge in [-0.05, 0) is 116 Å². The first-order valence-electron chi connectivity index (χ1n) is 15.8. The highest BCUT2D eigenvalue weighted by molar-refractivity contribution is 5.36. The van der Waals surface area contributed by atoms with Crippen LogP contribution in [0.1, 0.15) is 103 Å². The topological polar surface area (TPSA) is 93.7 Å². The Morgan fingerprint density at radius 3 is 2.50 bits per heavy atom. The first-order chi connectivity index (χ1) is 19.1. The minimum absolute atomic E-state index is 0.0320. The van der Waals surface area contributed by atoms with Gasteiger partial charge in [0.15, 0.2) is 0 Å². The van der Waals surface area contributed by atoms with Crippen LogP contribution < -0.4 is 4.74 Å². The van der Waals surface area contributed by atoms with Crippen LogP contribution in [0, 0.1) is 69.4 Å². The molecule has 12 atom stereocenters. The zero-order valence-electron chi connectivity index (χ0n) is 24.9. The van der Waals surface area contributed by atoms with Gasteiger partial charge in [0.1, 0.15) is 11.6 Å². The zero-order chi connectivity index (χ0) is 28.8. The van der Waals surface area contributed by atoms with Crippen LogP contribution in [0.3, 0.4) is 0 Å². The second-order valence-corrected chi connectivity index (χ2v) is 14.4. The van der Waals surface area contributed by atoms with Crippen molar-refractivity contribution in [1.29, 1.82) is 5.26 Å². The SMILES string of the molecule is COc1cccc(F)c1C(O)CCC[C@@H](C)[C@H]1CC[C@H]2[C@@H]3C(CC#N)C[C@H]4[C@@H](O)[C@@H](O)CC[C@]4(C)[C@H]3CC[C@]12C. The smallest absolute Gasteiger partial charge is 0.132 e. The van der Waals surface area contributed by atoms with Crippen LogP contribution in [0.4, 0.5) is 4.39 Å². The zero-order valence-corrected chi connectivity index (χ0v) is 24.9. The minimum Gasteiger partial charge on any atom is -0.496 e. The quantitative estimate of drug-likeness (QED) is 0.328. The average molecular weight is 556 g/mol. The molecule has 2 unspecified atom stereocenters. The number of methoxy groups -OCH3 is 1. The highest BCUT2D eigenvalue weighted by atomic mass is 19.1. The van der Waals surface area contributed by atoms with E-state index in [1.165, 1.54) is 32.4 Å². The standard InChI is InChI=1S/C34H50FNO4/c1-20(7-5-9-27(37)31-26(35)8-6-10-29(31)40-4)22-11-12-23-30-21(15-18-36)19-25-32(39)28(38)14-17-34(25,3)24(30)13-16-33(22,23)2/h6,8,10,20-25,27-28,30,32,37-39H,5,7,9,11-17,19H2,1-4H3/t20-,21?,22-,23+,24+,25+,27?,28+,30+,32-,33-,34-/m1/s1. The Kier molecular flexibility index (Phi) is 8.60. The molecule has 0 amide bonds. The van der Waals surface area contributed by atoms with Crippen LogP contribution in [0.5, 0.6) is 5.75 Å². The number of rotatable bonds is 8. The Hall–Kier alpha value is -1.68. The van der Waals surface area contributed by atoms with E-state index in [4.69, 9.17) is 4.74 Å². The summed E-state index contributed by atoms with van der Waals surface area (Å²) < 4.78 is 19.8. The summed E-state index contributed by atoms with van der Waals surface area (Å²) in [5.41, 5.74) is 0.527. The van der Waals surface area contributed by atoms with Gasteiger partial charge in [-0.1, -0.05) is 39.7 Å². The van der Waals surface area contributed by atoms with Crippen molar-refractivity contribution in [1.82, 2.24) is 0 Å². The lowest BCUT2D eigenvalue weighted by atomic mass is 9.41. The van der Waals surface area contributed by atoms with Crippen molar-refractivity contribution in [2.45, 2.75) is 110 Å². The number of aliphatic hydroxyl groups excluding tert-OH is 3. The minimum atomic E-state index is -0.877. The third kappa shape index (κ3) is 4.88. The molecule has 4 aliphatic rings. The fraction of sp³-hybridized carbons (Fsp3) is 0.794. The summed E-state index contributed by atoms with van der Waals surface area (Å²) in [6, 6.07) is 7.17. The van der Waals surface area contributed by atoms with Crippen LogP contribution in [0.2, 0.25) is 0 Å². The van der Waals surface area contributed by atoms with Crippen molar-refractivity contribution in [2.24, 2.45) is 52.3 Å². The molecule has 0 saturated heterocycles. The summed E-state index contributed by atoms with van der Waals surface area (Å²) in [4.78, 5) is 0.